The van der Waals surface area contributed by atoms with E-state index in [4.69, 9.17) is 0 Å². The van der Waals surface area contributed by atoms with Crippen molar-refractivity contribution in [2.24, 2.45) is 12.0 Å². The predicted octanol–water partition coefficient (Wildman–Crippen LogP) is 1.13. The molecule has 0 fully saturated rings. The van der Waals surface area contributed by atoms with Crippen molar-refractivity contribution in [3.05, 3.63) is 17.5 Å². The van der Waals surface area contributed by atoms with Gasteiger partial charge in [0.25, 0.3) is 0 Å². The smallest absolute Gasteiger partial charge is 0.235 e. The van der Waals surface area contributed by atoms with Crippen molar-refractivity contribution >= 4 is 6.08 Å². The molecule has 1 heterocycles. The topological polar surface area (TPSA) is 47.2 Å². The number of carbonyl (C=O) groups excluding carboxylic acids is 1. The maximum atomic E-state index is 9.95. The highest BCUT2D eigenvalue weighted by Gasteiger charge is 2.07. The van der Waals surface area contributed by atoms with E-state index >= 15 is 0 Å². The Hall–Kier alpha value is -1.41. The zero-order valence-corrected chi connectivity index (χ0v) is 7.40. The van der Waals surface area contributed by atoms with Gasteiger partial charge in [0.05, 0.1) is 5.69 Å². The first-order valence-electron chi connectivity index (χ1n) is 3.72. The molecule has 0 aliphatic rings. The van der Waals surface area contributed by atoms with E-state index in [9.17, 15) is 4.79 Å². The lowest BCUT2D eigenvalue weighted by Gasteiger charge is -1.96. The van der Waals surface area contributed by atoms with Crippen LogP contribution >= 0.6 is 0 Å². The molecule has 1 rings (SSSR count). The first-order chi connectivity index (χ1) is 5.65. The van der Waals surface area contributed by atoms with Crippen LogP contribution in [0.3, 0.4) is 0 Å². The lowest BCUT2D eigenvalue weighted by Crippen LogP contribution is -1.95. The first-order valence-corrected chi connectivity index (χ1v) is 3.72. The fourth-order valence-corrected chi connectivity index (χ4v) is 0.938. The summed E-state index contributed by atoms with van der Waals surface area (Å²) in [7, 11) is 1.86. The van der Waals surface area contributed by atoms with Crippen molar-refractivity contribution in [2.75, 3.05) is 0 Å². The molecule has 1 unspecified atom stereocenters. The SMILES string of the molecule is Cc1cc(C(C)N=C=O)nn1C. The third kappa shape index (κ3) is 1.60. The van der Waals surface area contributed by atoms with E-state index in [0.29, 0.717) is 0 Å². The summed E-state index contributed by atoms with van der Waals surface area (Å²) in [6.07, 6.45) is 1.52. The maximum Gasteiger partial charge on any atom is 0.235 e. The van der Waals surface area contributed by atoms with Gasteiger partial charge in [-0.2, -0.15) is 10.1 Å². The standard InChI is InChI=1S/C8H11N3O/c1-6-4-8(10-11(6)3)7(2)9-5-12/h4,7H,1-3H3. The van der Waals surface area contributed by atoms with E-state index in [1.807, 2.05) is 27.0 Å². The van der Waals surface area contributed by atoms with E-state index in [1.54, 1.807) is 4.68 Å². The van der Waals surface area contributed by atoms with Crippen LogP contribution in [0.2, 0.25) is 0 Å². The minimum absolute atomic E-state index is 0.192. The molecule has 4 nitrogen and oxygen atoms in total. The van der Waals surface area contributed by atoms with Gasteiger partial charge in [-0.15, -0.1) is 0 Å². The number of hydrogen-bond acceptors (Lipinski definition) is 3. The summed E-state index contributed by atoms with van der Waals surface area (Å²) in [5, 5.41) is 4.17. The van der Waals surface area contributed by atoms with E-state index in [1.165, 1.54) is 6.08 Å². The zero-order chi connectivity index (χ0) is 9.14. The van der Waals surface area contributed by atoms with Gasteiger partial charge in [0.1, 0.15) is 6.04 Å². The van der Waals surface area contributed by atoms with Gasteiger partial charge in [-0.3, -0.25) is 4.68 Å². The molecule has 4 heteroatoms. The number of hydrogen-bond donors (Lipinski definition) is 0. The van der Waals surface area contributed by atoms with Crippen LogP contribution in [-0.4, -0.2) is 15.9 Å². The van der Waals surface area contributed by atoms with Gasteiger partial charge in [0, 0.05) is 12.7 Å². The fourth-order valence-electron chi connectivity index (χ4n) is 0.938. The van der Waals surface area contributed by atoms with Crippen LogP contribution in [0.1, 0.15) is 24.4 Å². The highest BCUT2D eigenvalue weighted by Crippen LogP contribution is 2.14. The van der Waals surface area contributed by atoms with E-state index < -0.39 is 0 Å². The second-order valence-electron chi connectivity index (χ2n) is 2.73. The predicted molar refractivity (Wildman–Crippen MR) is 44.5 cm³/mol. The van der Waals surface area contributed by atoms with Crippen molar-refractivity contribution in [2.45, 2.75) is 19.9 Å². The molecule has 64 valence electrons. The summed E-state index contributed by atoms with van der Waals surface area (Å²) in [6.45, 7) is 3.76. The van der Waals surface area contributed by atoms with Crippen molar-refractivity contribution in [3.63, 3.8) is 0 Å². The van der Waals surface area contributed by atoms with Gasteiger partial charge in [-0.1, -0.05) is 0 Å². The molecule has 1 aromatic heterocycles. The van der Waals surface area contributed by atoms with Crippen LogP contribution in [0, 0.1) is 6.92 Å². The summed E-state index contributed by atoms with van der Waals surface area (Å²) < 4.78 is 1.76. The molecule has 0 bridgehead atoms. The summed E-state index contributed by atoms with van der Waals surface area (Å²) in [5.74, 6) is 0. The number of nitrogens with zero attached hydrogens (tertiary/aromatic N) is 3. The summed E-state index contributed by atoms with van der Waals surface area (Å²) in [4.78, 5) is 13.5. The van der Waals surface area contributed by atoms with Crippen LogP contribution in [0.25, 0.3) is 0 Å². The van der Waals surface area contributed by atoms with Crippen molar-refractivity contribution in [1.29, 1.82) is 0 Å². The number of aromatic nitrogens is 2. The zero-order valence-electron chi connectivity index (χ0n) is 7.40. The normalized spacial score (nSPS) is 12.2. The Kier molecular flexibility index (Phi) is 2.41. The average Bonchev–Trinajstić information content (AvgIpc) is 2.33. The van der Waals surface area contributed by atoms with Gasteiger partial charge in [0.2, 0.25) is 6.08 Å². The van der Waals surface area contributed by atoms with Crippen molar-refractivity contribution < 1.29 is 4.79 Å². The average molecular weight is 165 g/mol. The lowest BCUT2D eigenvalue weighted by molar-refractivity contribution is 0.558. The van der Waals surface area contributed by atoms with Crippen molar-refractivity contribution in [1.82, 2.24) is 9.78 Å². The number of aryl methyl sites for hydroxylation is 2. The molecule has 0 N–H and O–H groups in total. The Balaban J connectivity index is 2.95. The summed E-state index contributed by atoms with van der Waals surface area (Å²) in [5.41, 5.74) is 1.86. The van der Waals surface area contributed by atoms with Gasteiger partial charge >= 0.3 is 0 Å². The van der Waals surface area contributed by atoms with Crippen LogP contribution in [-0.2, 0) is 11.8 Å². The lowest BCUT2D eigenvalue weighted by atomic mass is 10.2. The Morgan fingerprint density at radius 1 is 1.75 bits per heavy atom. The van der Waals surface area contributed by atoms with Gasteiger partial charge < -0.3 is 0 Å². The molecule has 1 aromatic rings. The minimum atomic E-state index is -0.192. The molecule has 0 aromatic carbocycles. The van der Waals surface area contributed by atoms with Gasteiger partial charge in [-0.05, 0) is 19.9 Å². The summed E-state index contributed by atoms with van der Waals surface area (Å²) in [6, 6.07) is 1.72. The third-order valence-corrected chi connectivity index (χ3v) is 1.81. The molecular formula is C8H11N3O. The molecule has 0 aliphatic heterocycles. The largest absolute Gasteiger partial charge is 0.273 e. The molecule has 0 spiro atoms. The Labute approximate surface area is 70.9 Å². The Bertz CT molecular complexity index is 304. The third-order valence-electron chi connectivity index (χ3n) is 1.81. The maximum absolute atomic E-state index is 9.95. The molecule has 0 saturated heterocycles. The van der Waals surface area contributed by atoms with Crippen LogP contribution in [0.4, 0.5) is 0 Å². The highest BCUT2D eigenvalue weighted by atomic mass is 16.1. The molecule has 0 radical (unpaired) electrons. The molecular weight excluding hydrogens is 154 g/mol. The molecule has 0 saturated carbocycles. The van der Waals surface area contributed by atoms with Crippen LogP contribution < -0.4 is 0 Å². The first kappa shape index (κ1) is 8.68. The molecule has 0 aliphatic carbocycles. The highest BCUT2D eigenvalue weighted by molar-refractivity contribution is 5.34. The van der Waals surface area contributed by atoms with Crippen molar-refractivity contribution in [3.8, 4) is 0 Å². The van der Waals surface area contributed by atoms with Gasteiger partial charge in [0.15, 0.2) is 0 Å². The van der Waals surface area contributed by atoms with Gasteiger partial charge in [-0.25, -0.2) is 4.79 Å². The fraction of sp³-hybridized carbons (Fsp3) is 0.500. The summed E-state index contributed by atoms with van der Waals surface area (Å²) >= 11 is 0. The van der Waals surface area contributed by atoms with Crippen LogP contribution in [0.5, 0.6) is 0 Å². The Morgan fingerprint density at radius 2 is 2.42 bits per heavy atom. The number of rotatable bonds is 2. The van der Waals surface area contributed by atoms with E-state index in [-0.39, 0.29) is 6.04 Å². The number of aliphatic imine (C=N–C) groups is 1. The molecule has 12 heavy (non-hydrogen) atoms. The van der Waals surface area contributed by atoms with E-state index in [0.717, 1.165) is 11.4 Å². The second-order valence-corrected chi connectivity index (χ2v) is 2.73. The number of isocyanates is 1. The second kappa shape index (κ2) is 3.32. The van der Waals surface area contributed by atoms with Crippen LogP contribution in [0.15, 0.2) is 11.1 Å². The molecule has 1 atom stereocenters. The monoisotopic (exact) mass is 165 g/mol. The molecule has 0 amide bonds. The quantitative estimate of drug-likeness (QED) is 0.487. The van der Waals surface area contributed by atoms with E-state index in [2.05, 4.69) is 10.1 Å². The Morgan fingerprint density at radius 3 is 2.83 bits per heavy atom. The minimum Gasteiger partial charge on any atom is -0.273 e.